The Morgan fingerprint density at radius 2 is 1.94 bits per heavy atom. The fourth-order valence-corrected chi connectivity index (χ4v) is 1.81. The number of hydrogen-bond donors (Lipinski definition) is 0. The predicted octanol–water partition coefficient (Wildman–Crippen LogP) is 3.02. The summed E-state index contributed by atoms with van der Waals surface area (Å²) in [6.07, 6.45) is 0. The highest BCUT2D eigenvalue weighted by molar-refractivity contribution is 6.49. The number of rotatable bonds is 3. The quantitative estimate of drug-likeness (QED) is 0.486. The van der Waals surface area contributed by atoms with Crippen LogP contribution in [0.3, 0.4) is 0 Å². The molecule has 1 atom stereocenters. The smallest absolute Gasteiger partial charge is 0.376 e. The molecule has 0 aromatic heterocycles. The number of alkyl halides is 1. The van der Waals surface area contributed by atoms with Gasteiger partial charge >= 0.3 is 5.97 Å². The van der Waals surface area contributed by atoms with Crippen LogP contribution >= 0.6 is 34.8 Å². The average molecular weight is 282 g/mol. The van der Waals surface area contributed by atoms with Gasteiger partial charge in [0.2, 0.25) is 0 Å². The number of ether oxygens (including phenoxy) is 1. The average Bonchev–Trinajstić information content (AvgIpc) is 2.29. The largest absolute Gasteiger partial charge is 0.463 e. The van der Waals surface area contributed by atoms with Crippen LogP contribution in [0.15, 0.2) is 18.2 Å². The van der Waals surface area contributed by atoms with Crippen LogP contribution in [-0.2, 0) is 14.3 Å². The number of esters is 1. The van der Waals surface area contributed by atoms with E-state index in [4.69, 9.17) is 34.8 Å². The van der Waals surface area contributed by atoms with Gasteiger partial charge in [-0.1, -0.05) is 35.3 Å². The van der Waals surface area contributed by atoms with E-state index < -0.39 is 17.1 Å². The van der Waals surface area contributed by atoms with Crippen molar-refractivity contribution in [3.05, 3.63) is 33.8 Å². The number of benzene rings is 1. The minimum absolute atomic E-state index is 0.154. The van der Waals surface area contributed by atoms with Crippen molar-refractivity contribution in [1.29, 1.82) is 0 Å². The molecule has 3 nitrogen and oxygen atoms in total. The fraction of sp³-hybridized carbons (Fsp3) is 0.200. The maximum absolute atomic E-state index is 11.4. The van der Waals surface area contributed by atoms with Crippen LogP contribution in [0.4, 0.5) is 0 Å². The lowest BCUT2D eigenvalue weighted by molar-refractivity contribution is -0.151. The second-order valence-corrected chi connectivity index (χ2v) is 4.08. The van der Waals surface area contributed by atoms with Crippen molar-refractivity contribution < 1.29 is 14.3 Å². The summed E-state index contributed by atoms with van der Waals surface area (Å²) >= 11 is 17.4. The van der Waals surface area contributed by atoms with Gasteiger partial charge in [-0.05, 0) is 11.6 Å². The Kier molecular flexibility index (Phi) is 4.59. The number of carbonyl (C=O) groups excluding carboxylic acids is 2. The van der Waals surface area contributed by atoms with Gasteiger partial charge in [0, 0.05) is 0 Å². The van der Waals surface area contributed by atoms with E-state index in [1.807, 2.05) is 0 Å². The summed E-state index contributed by atoms with van der Waals surface area (Å²) in [7, 11) is 1.10. The number of carbonyl (C=O) groups is 2. The Morgan fingerprint density at radius 3 is 2.50 bits per heavy atom. The normalized spacial score (nSPS) is 12.0. The lowest BCUT2D eigenvalue weighted by Gasteiger charge is -2.09. The maximum atomic E-state index is 11.4. The van der Waals surface area contributed by atoms with E-state index in [1.165, 1.54) is 6.07 Å². The van der Waals surface area contributed by atoms with Gasteiger partial charge in [-0.15, -0.1) is 11.6 Å². The van der Waals surface area contributed by atoms with Crippen LogP contribution in [0.1, 0.15) is 10.9 Å². The number of halogens is 3. The standard InChI is InChI=1S/C10H7Cl3O3/c1-16-10(15)9(14)8(13)5-3-2-4-6(11)7(5)12/h2-4,8H,1H3. The minimum atomic E-state index is -1.20. The SMILES string of the molecule is COC(=O)C(=O)C(Cl)c1cccc(Cl)c1Cl. The zero-order valence-electron chi connectivity index (χ0n) is 8.17. The molecular weight excluding hydrogens is 274 g/mol. The van der Waals surface area contributed by atoms with Crippen molar-refractivity contribution in [3.63, 3.8) is 0 Å². The topological polar surface area (TPSA) is 43.4 Å². The van der Waals surface area contributed by atoms with Crippen molar-refractivity contribution in [2.24, 2.45) is 0 Å². The summed E-state index contributed by atoms with van der Waals surface area (Å²) in [4.78, 5) is 22.4. The molecule has 0 heterocycles. The molecule has 0 spiro atoms. The maximum Gasteiger partial charge on any atom is 0.376 e. The minimum Gasteiger partial charge on any atom is -0.463 e. The van der Waals surface area contributed by atoms with Crippen LogP contribution in [0.25, 0.3) is 0 Å². The molecule has 16 heavy (non-hydrogen) atoms. The Morgan fingerprint density at radius 1 is 1.31 bits per heavy atom. The van der Waals surface area contributed by atoms with E-state index in [0.29, 0.717) is 0 Å². The van der Waals surface area contributed by atoms with Gasteiger partial charge in [-0.3, -0.25) is 4.79 Å². The van der Waals surface area contributed by atoms with Crippen molar-refractivity contribution >= 4 is 46.6 Å². The summed E-state index contributed by atoms with van der Waals surface area (Å²) in [5, 5.41) is -0.775. The summed E-state index contributed by atoms with van der Waals surface area (Å²) in [6.45, 7) is 0. The first kappa shape index (κ1) is 13.3. The summed E-state index contributed by atoms with van der Waals surface area (Å²) < 4.78 is 4.28. The second-order valence-electron chi connectivity index (χ2n) is 2.86. The molecule has 1 unspecified atom stereocenters. The number of hydrogen-bond acceptors (Lipinski definition) is 3. The lowest BCUT2D eigenvalue weighted by atomic mass is 10.1. The molecular formula is C10H7Cl3O3. The molecule has 0 amide bonds. The zero-order chi connectivity index (χ0) is 12.3. The van der Waals surface area contributed by atoms with Crippen molar-refractivity contribution in [2.45, 2.75) is 5.38 Å². The lowest BCUT2D eigenvalue weighted by Crippen LogP contribution is -2.20. The van der Waals surface area contributed by atoms with E-state index in [0.717, 1.165) is 7.11 Å². The van der Waals surface area contributed by atoms with Crippen molar-refractivity contribution in [3.8, 4) is 0 Å². The first-order valence-corrected chi connectivity index (χ1v) is 5.38. The molecule has 0 aliphatic carbocycles. The highest BCUT2D eigenvalue weighted by Crippen LogP contribution is 2.33. The van der Waals surface area contributed by atoms with E-state index in [2.05, 4.69) is 4.74 Å². The van der Waals surface area contributed by atoms with Crippen LogP contribution in [0, 0.1) is 0 Å². The van der Waals surface area contributed by atoms with Crippen LogP contribution in [-0.4, -0.2) is 18.9 Å². The van der Waals surface area contributed by atoms with Gasteiger partial charge in [0.1, 0.15) is 5.38 Å². The van der Waals surface area contributed by atoms with Gasteiger partial charge in [-0.25, -0.2) is 4.79 Å². The summed E-state index contributed by atoms with van der Waals surface area (Å²) in [5.74, 6) is -1.90. The Bertz CT molecular complexity index is 431. The van der Waals surface area contributed by atoms with Gasteiger partial charge in [-0.2, -0.15) is 0 Å². The summed E-state index contributed by atoms with van der Waals surface area (Å²) in [5.41, 5.74) is 0.284. The van der Waals surface area contributed by atoms with E-state index in [-0.39, 0.29) is 15.6 Å². The fourth-order valence-electron chi connectivity index (χ4n) is 1.06. The number of ketones is 1. The number of methoxy groups -OCH3 is 1. The molecule has 0 N–H and O–H groups in total. The molecule has 0 aliphatic heterocycles. The molecule has 86 valence electrons. The van der Waals surface area contributed by atoms with Gasteiger partial charge in [0.15, 0.2) is 0 Å². The van der Waals surface area contributed by atoms with Crippen molar-refractivity contribution in [2.75, 3.05) is 7.11 Å². The third kappa shape index (κ3) is 2.67. The molecule has 0 radical (unpaired) electrons. The third-order valence-electron chi connectivity index (χ3n) is 1.87. The highest BCUT2D eigenvalue weighted by atomic mass is 35.5. The Labute approximate surface area is 107 Å². The van der Waals surface area contributed by atoms with Crippen LogP contribution in [0.2, 0.25) is 10.0 Å². The molecule has 1 aromatic carbocycles. The Hall–Kier alpha value is -0.770. The monoisotopic (exact) mass is 280 g/mol. The molecule has 0 aliphatic rings. The first-order valence-electron chi connectivity index (χ1n) is 4.19. The molecule has 0 bridgehead atoms. The molecule has 1 aromatic rings. The Balaban J connectivity index is 3.05. The molecule has 6 heteroatoms. The summed E-state index contributed by atoms with van der Waals surface area (Å²) in [6, 6.07) is 4.66. The number of Topliss-reactive ketones (excluding diaryl/α,β-unsaturated/α-hetero) is 1. The van der Waals surface area contributed by atoms with Crippen LogP contribution in [0.5, 0.6) is 0 Å². The first-order chi connectivity index (χ1) is 7.49. The third-order valence-corrected chi connectivity index (χ3v) is 3.14. The van der Waals surface area contributed by atoms with Gasteiger partial charge in [0.25, 0.3) is 5.78 Å². The second kappa shape index (κ2) is 5.53. The van der Waals surface area contributed by atoms with Gasteiger partial charge < -0.3 is 4.74 Å². The zero-order valence-corrected chi connectivity index (χ0v) is 10.4. The van der Waals surface area contributed by atoms with E-state index in [1.54, 1.807) is 12.1 Å². The van der Waals surface area contributed by atoms with Gasteiger partial charge in [0.05, 0.1) is 17.2 Å². The van der Waals surface area contributed by atoms with E-state index in [9.17, 15) is 9.59 Å². The van der Waals surface area contributed by atoms with E-state index >= 15 is 0 Å². The predicted molar refractivity (Wildman–Crippen MR) is 62.1 cm³/mol. The molecule has 0 saturated heterocycles. The highest BCUT2D eigenvalue weighted by Gasteiger charge is 2.27. The molecule has 1 rings (SSSR count). The van der Waals surface area contributed by atoms with Crippen molar-refractivity contribution in [1.82, 2.24) is 0 Å². The van der Waals surface area contributed by atoms with Crippen LogP contribution < -0.4 is 0 Å². The molecule has 0 saturated carbocycles. The molecule has 0 fully saturated rings.